The van der Waals surface area contributed by atoms with Gasteiger partial charge in [0.2, 0.25) is 0 Å². The van der Waals surface area contributed by atoms with Crippen LogP contribution in [0.25, 0.3) is 0 Å². The number of methoxy groups -OCH3 is 1. The van der Waals surface area contributed by atoms with Crippen LogP contribution in [0.1, 0.15) is 30.6 Å². The Morgan fingerprint density at radius 2 is 1.81 bits per heavy atom. The third-order valence-electron chi connectivity index (χ3n) is 3.76. The molecule has 0 aliphatic heterocycles. The molecule has 26 heavy (non-hydrogen) atoms. The van der Waals surface area contributed by atoms with Gasteiger partial charge in [0.1, 0.15) is 5.75 Å². The van der Waals surface area contributed by atoms with E-state index in [1.165, 1.54) is 31.4 Å². The number of hydrogen-bond donors (Lipinski definition) is 2. The van der Waals surface area contributed by atoms with Crippen LogP contribution in [0.5, 0.6) is 5.75 Å². The van der Waals surface area contributed by atoms with Gasteiger partial charge in [-0.05, 0) is 48.7 Å². The van der Waals surface area contributed by atoms with Crippen LogP contribution in [0.4, 0.5) is 5.69 Å². The zero-order valence-corrected chi connectivity index (χ0v) is 16.0. The number of carbonyl (C=O) groups is 1. The lowest BCUT2D eigenvalue weighted by molar-refractivity contribution is 0.0952. The molecule has 0 aliphatic carbocycles. The quantitative estimate of drug-likeness (QED) is 0.740. The second kappa shape index (κ2) is 8.71. The Hall–Kier alpha value is -2.54. The molecule has 1 amide bonds. The molecule has 0 aliphatic rings. The lowest BCUT2D eigenvalue weighted by Gasteiger charge is -2.10. The number of sulfonamides is 1. The molecule has 140 valence electrons. The van der Waals surface area contributed by atoms with Crippen molar-refractivity contribution in [1.82, 2.24) is 5.32 Å². The number of hydrogen-bond acceptors (Lipinski definition) is 4. The third kappa shape index (κ3) is 5.49. The Kier molecular flexibility index (Phi) is 6.63. The molecule has 2 aromatic rings. The first-order valence-electron chi connectivity index (χ1n) is 8.37. The summed E-state index contributed by atoms with van der Waals surface area (Å²) in [4.78, 5) is 12.1. The van der Waals surface area contributed by atoms with Crippen molar-refractivity contribution in [2.75, 3.05) is 18.4 Å². The SMILES string of the molecule is COc1cccc(NS(=O)(=O)c2ccc(C(=O)NCCC(C)C)cc2)c1. The lowest BCUT2D eigenvalue weighted by Crippen LogP contribution is -2.25. The Morgan fingerprint density at radius 1 is 1.12 bits per heavy atom. The van der Waals surface area contributed by atoms with Crippen molar-refractivity contribution in [2.24, 2.45) is 5.92 Å². The van der Waals surface area contributed by atoms with E-state index in [0.29, 0.717) is 29.5 Å². The van der Waals surface area contributed by atoms with Crippen LogP contribution in [0.3, 0.4) is 0 Å². The lowest BCUT2D eigenvalue weighted by atomic mass is 10.1. The summed E-state index contributed by atoms with van der Waals surface area (Å²) in [5, 5.41) is 2.82. The molecule has 0 aromatic heterocycles. The Labute approximate surface area is 154 Å². The highest BCUT2D eigenvalue weighted by Gasteiger charge is 2.15. The van der Waals surface area contributed by atoms with E-state index < -0.39 is 10.0 Å². The van der Waals surface area contributed by atoms with Gasteiger partial charge in [0.05, 0.1) is 17.7 Å². The highest BCUT2D eigenvalue weighted by Crippen LogP contribution is 2.20. The van der Waals surface area contributed by atoms with Gasteiger partial charge in [0.25, 0.3) is 15.9 Å². The van der Waals surface area contributed by atoms with Gasteiger partial charge < -0.3 is 10.1 Å². The third-order valence-corrected chi connectivity index (χ3v) is 5.15. The maximum Gasteiger partial charge on any atom is 0.261 e. The smallest absolute Gasteiger partial charge is 0.261 e. The summed E-state index contributed by atoms with van der Waals surface area (Å²) in [5.74, 6) is 0.847. The van der Waals surface area contributed by atoms with Crippen LogP contribution < -0.4 is 14.8 Å². The van der Waals surface area contributed by atoms with Crippen LogP contribution in [0.15, 0.2) is 53.4 Å². The van der Waals surface area contributed by atoms with Crippen molar-refractivity contribution in [3.8, 4) is 5.75 Å². The van der Waals surface area contributed by atoms with E-state index in [1.807, 2.05) is 0 Å². The first kappa shape index (κ1) is 19.8. The molecule has 0 spiro atoms. The first-order chi connectivity index (χ1) is 12.3. The second-order valence-corrected chi connectivity index (χ2v) is 7.98. The minimum atomic E-state index is -3.75. The number of benzene rings is 2. The number of nitrogens with one attached hydrogen (secondary N) is 2. The van der Waals surface area contributed by atoms with Gasteiger partial charge in [0, 0.05) is 18.2 Å². The van der Waals surface area contributed by atoms with E-state index in [4.69, 9.17) is 4.74 Å². The maximum absolute atomic E-state index is 12.5. The van der Waals surface area contributed by atoms with E-state index in [2.05, 4.69) is 23.9 Å². The maximum atomic E-state index is 12.5. The van der Waals surface area contributed by atoms with E-state index >= 15 is 0 Å². The molecule has 0 unspecified atom stereocenters. The molecule has 0 atom stereocenters. The summed E-state index contributed by atoms with van der Waals surface area (Å²) in [6.45, 7) is 4.76. The molecular weight excluding hydrogens is 352 g/mol. The normalized spacial score (nSPS) is 11.2. The van der Waals surface area contributed by atoms with Crippen LogP contribution in [0.2, 0.25) is 0 Å². The Balaban J connectivity index is 2.07. The standard InChI is InChI=1S/C19H24N2O4S/c1-14(2)11-12-20-19(22)15-7-9-18(10-8-15)26(23,24)21-16-5-4-6-17(13-16)25-3/h4-10,13-14,21H,11-12H2,1-3H3,(H,20,22). The molecule has 0 bridgehead atoms. The van der Waals surface area contributed by atoms with Crippen molar-refractivity contribution in [3.05, 3.63) is 54.1 Å². The highest BCUT2D eigenvalue weighted by atomic mass is 32.2. The van der Waals surface area contributed by atoms with Gasteiger partial charge in [-0.25, -0.2) is 8.42 Å². The van der Waals surface area contributed by atoms with Gasteiger partial charge in [-0.15, -0.1) is 0 Å². The number of anilines is 1. The fraction of sp³-hybridized carbons (Fsp3) is 0.316. The van der Waals surface area contributed by atoms with Crippen LogP contribution in [0, 0.1) is 5.92 Å². The molecule has 0 saturated carbocycles. The first-order valence-corrected chi connectivity index (χ1v) is 9.85. The van der Waals surface area contributed by atoms with Gasteiger partial charge in [0.15, 0.2) is 0 Å². The number of ether oxygens (including phenoxy) is 1. The van der Waals surface area contributed by atoms with E-state index in [0.717, 1.165) is 6.42 Å². The zero-order valence-electron chi connectivity index (χ0n) is 15.2. The molecule has 0 radical (unpaired) electrons. The monoisotopic (exact) mass is 376 g/mol. The molecule has 0 fully saturated rings. The van der Waals surface area contributed by atoms with Crippen LogP contribution in [-0.2, 0) is 10.0 Å². The summed E-state index contributed by atoms with van der Waals surface area (Å²) >= 11 is 0. The minimum Gasteiger partial charge on any atom is -0.497 e. The Morgan fingerprint density at radius 3 is 2.42 bits per heavy atom. The Bertz CT molecular complexity index is 846. The summed E-state index contributed by atoms with van der Waals surface area (Å²) in [6, 6.07) is 12.5. The summed E-state index contributed by atoms with van der Waals surface area (Å²) in [5.41, 5.74) is 0.828. The van der Waals surface area contributed by atoms with Gasteiger partial charge in [-0.3, -0.25) is 9.52 Å². The predicted molar refractivity (Wildman–Crippen MR) is 102 cm³/mol. The number of amides is 1. The highest BCUT2D eigenvalue weighted by molar-refractivity contribution is 7.92. The topological polar surface area (TPSA) is 84.5 Å². The van der Waals surface area contributed by atoms with Gasteiger partial charge in [-0.1, -0.05) is 19.9 Å². The molecule has 7 heteroatoms. The fourth-order valence-electron chi connectivity index (χ4n) is 2.26. The van der Waals surface area contributed by atoms with E-state index in [9.17, 15) is 13.2 Å². The molecule has 2 N–H and O–H groups in total. The largest absolute Gasteiger partial charge is 0.497 e. The zero-order chi connectivity index (χ0) is 19.2. The summed E-state index contributed by atoms with van der Waals surface area (Å²) in [6.07, 6.45) is 0.892. The predicted octanol–water partition coefficient (Wildman–Crippen LogP) is 3.27. The average molecular weight is 376 g/mol. The van der Waals surface area contributed by atoms with Crippen LogP contribution >= 0.6 is 0 Å². The molecular formula is C19H24N2O4S. The number of rotatable bonds is 8. The fourth-order valence-corrected chi connectivity index (χ4v) is 3.31. The summed E-state index contributed by atoms with van der Waals surface area (Å²) < 4.78 is 32.5. The second-order valence-electron chi connectivity index (χ2n) is 6.30. The molecule has 0 heterocycles. The van der Waals surface area contributed by atoms with Gasteiger partial charge >= 0.3 is 0 Å². The van der Waals surface area contributed by atoms with Crippen LogP contribution in [-0.4, -0.2) is 28.0 Å². The van der Waals surface area contributed by atoms with Crippen molar-refractivity contribution in [1.29, 1.82) is 0 Å². The van der Waals surface area contributed by atoms with Gasteiger partial charge in [-0.2, -0.15) is 0 Å². The van der Waals surface area contributed by atoms with E-state index in [1.54, 1.807) is 24.3 Å². The molecule has 2 aromatic carbocycles. The number of carbonyl (C=O) groups excluding carboxylic acids is 1. The molecule has 0 saturated heterocycles. The summed E-state index contributed by atoms with van der Waals surface area (Å²) in [7, 11) is -2.23. The minimum absolute atomic E-state index is 0.0825. The van der Waals surface area contributed by atoms with E-state index in [-0.39, 0.29) is 10.8 Å². The van der Waals surface area contributed by atoms with Crippen molar-refractivity contribution < 1.29 is 17.9 Å². The average Bonchev–Trinajstić information content (AvgIpc) is 2.61. The molecule has 2 rings (SSSR count). The molecule has 6 nitrogen and oxygen atoms in total. The van der Waals surface area contributed by atoms with Crippen molar-refractivity contribution in [2.45, 2.75) is 25.2 Å². The van der Waals surface area contributed by atoms with Crippen molar-refractivity contribution in [3.63, 3.8) is 0 Å². The van der Waals surface area contributed by atoms with Crippen molar-refractivity contribution >= 4 is 21.6 Å².